The molecule has 0 saturated heterocycles. The number of hydrogen-bond donors (Lipinski definition) is 0. The number of furan rings is 1. The van der Waals surface area contributed by atoms with Crippen LogP contribution in [0.4, 0.5) is 0 Å². The predicted molar refractivity (Wildman–Crippen MR) is 174 cm³/mol. The van der Waals surface area contributed by atoms with Crippen LogP contribution in [0.25, 0.3) is 78.4 Å². The van der Waals surface area contributed by atoms with Gasteiger partial charge in [-0.25, -0.2) is 15.0 Å². The van der Waals surface area contributed by atoms with Crippen molar-refractivity contribution in [2.45, 2.75) is 0 Å². The van der Waals surface area contributed by atoms with E-state index in [1.807, 2.05) is 84.9 Å². The summed E-state index contributed by atoms with van der Waals surface area (Å²) in [6, 6.07) is 51.7. The van der Waals surface area contributed by atoms with E-state index in [1.54, 1.807) is 0 Å². The van der Waals surface area contributed by atoms with Crippen molar-refractivity contribution in [3.05, 3.63) is 152 Å². The maximum atomic E-state index is 6.50. The summed E-state index contributed by atoms with van der Waals surface area (Å²) >= 11 is 0. The largest absolute Gasteiger partial charge is 0.455 e. The molecule has 0 N–H and O–H groups in total. The van der Waals surface area contributed by atoms with Crippen molar-refractivity contribution in [1.29, 1.82) is 0 Å². The van der Waals surface area contributed by atoms with Crippen molar-refractivity contribution in [1.82, 2.24) is 15.0 Å². The van der Waals surface area contributed by atoms with Gasteiger partial charge in [0.25, 0.3) is 0 Å². The number of aromatic nitrogens is 3. The molecule has 4 nitrogen and oxygen atoms in total. The lowest BCUT2D eigenvalue weighted by Crippen LogP contribution is -2.00. The molecule has 202 valence electrons. The van der Waals surface area contributed by atoms with Crippen LogP contribution in [0.3, 0.4) is 0 Å². The molecule has 0 aliphatic rings. The van der Waals surface area contributed by atoms with Crippen molar-refractivity contribution in [2.75, 3.05) is 0 Å². The van der Waals surface area contributed by atoms with E-state index in [4.69, 9.17) is 19.4 Å². The number of hydrogen-bond acceptors (Lipinski definition) is 4. The van der Waals surface area contributed by atoms with Crippen LogP contribution in [0.15, 0.2) is 156 Å². The molecule has 0 aliphatic carbocycles. The molecule has 4 heteroatoms. The van der Waals surface area contributed by atoms with E-state index in [0.29, 0.717) is 17.5 Å². The number of para-hydroxylation sites is 1. The molecule has 43 heavy (non-hydrogen) atoms. The van der Waals surface area contributed by atoms with E-state index in [9.17, 15) is 0 Å². The Labute approximate surface area is 249 Å². The lowest BCUT2D eigenvalue weighted by molar-refractivity contribution is 0.669. The molecular weight excluding hydrogens is 526 g/mol. The highest BCUT2D eigenvalue weighted by atomic mass is 16.3. The van der Waals surface area contributed by atoms with Crippen LogP contribution in [-0.2, 0) is 0 Å². The van der Waals surface area contributed by atoms with E-state index in [1.165, 1.54) is 11.1 Å². The van der Waals surface area contributed by atoms with Gasteiger partial charge in [-0.3, -0.25) is 0 Å². The summed E-state index contributed by atoms with van der Waals surface area (Å²) in [5, 5.41) is 2.08. The van der Waals surface area contributed by atoms with E-state index < -0.39 is 0 Å². The fourth-order valence-electron chi connectivity index (χ4n) is 5.57. The molecule has 0 radical (unpaired) electrons. The lowest BCUT2D eigenvalue weighted by Gasteiger charge is -2.11. The third-order valence-corrected chi connectivity index (χ3v) is 7.74. The molecule has 8 rings (SSSR count). The first-order chi connectivity index (χ1) is 21.3. The highest BCUT2D eigenvalue weighted by Gasteiger charge is 2.19. The Kier molecular flexibility index (Phi) is 6.08. The lowest BCUT2D eigenvalue weighted by atomic mass is 9.97. The zero-order valence-corrected chi connectivity index (χ0v) is 23.2. The van der Waals surface area contributed by atoms with Crippen LogP contribution in [-0.4, -0.2) is 15.0 Å². The third-order valence-electron chi connectivity index (χ3n) is 7.74. The first-order valence-electron chi connectivity index (χ1n) is 14.3. The molecule has 0 aliphatic heterocycles. The molecule has 2 aromatic heterocycles. The number of rotatable bonds is 5. The van der Waals surface area contributed by atoms with Gasteiger partial charge >= 0.3 is 0 Å². The summed E-state index contributed by atoms with van der Waals surface area (Å²) in [4.78, 5) is 14.9. The van der Waals surface area contributed by atoms with Crippen molar-refractivity contribution in [3.8, 4) is 56.4 Å². The summed E-state index contributed by atoms with van der Waals surface area (Å²) in [6.07, 6.45) is 0. The maximum Gasteiger partial charge on any atom is 0.167 e. The SMILES string of the molecule is c1ccc(-c2ccc(-c3cc(-c4nc(-c5ccccc5)nc(-c5ccccc5)n4)c4oc5ccccc5c4c3)cc2)cc1. The van der Waals surface area contributed by atoms with Gasteiger partial charge in [0.15, 0.2) is 17.5 Å². The standard InChI is InChI=1S/C39H25N3O/c1-4-12-26(13-5-1)27-20-22-28(23-21-27)31-24-33-32-18-10-11-19-35(32)43-36(33)34(25-31)39-41-37(29-14-6-2-7-15-29)40-38(42-39)30-16-8-3-9-17-30/h1-25H. The molecule has 2 heterocycles. The Bertz CT molecular complexity index is 2150. The summed E-state index contributed by atoms with van der Waals surface area (Å²) in [5.41, 5.74) is 8.81. The van der Waals surface area contributed by atoms with Crippen molar-refractivity contribution in [3.63, 3.8) is 0 Å². The van der Waals surface area contributed by atoms with E-state index >= 15 is 0 Å². The summed E-state index contributed by atoms with van der Waals surface area (Å²) in [6.45, 7) is 0. The highest BCUT2D eigenvalue weighted by Crippen LogP contribution is 2.39. The fraction of sp³-hybridized carbons (Fsp3) is 0. The average Bonchev–Trinajstić information content (AvgIpc) is 3.48. The topological polar surface area (TPSA) is 51.8 Å². The smallest absolute Gasteiger partial charge is 0.167 e. The first kappa shape index (κ1) is 24.9. The van der Waals surface area contributed by atoms with Gasteiger partial charge in [0.1, 0.15) is 11.2 Å². The molecule has 0 atom stereocenters. The molecule has 0 spiro atoms. The van der Waals surface area contributed by atoms with Crippen molar-refractivity contribution >= 4 is 21.9 Å². The molecule has 0 bridgehead atoms. The summed E-state index contributed by atoms with van der Waals surface area (Å²) in [7, 11) is 0. The van der Waals surface area contributed by atoms with Crippen LogP contribution in [0, 0.1) is 0 Å². The Morgan fingerprint density at radius 2 is 0.814 bits per heavy atom. The minimum Gasteiger partial charge on any atom is -0.455 e. The van der Waals surface area contributed by atoms with E-state index in [2.05, 4.69) is 66.7 Å². The predicted octanol–water partition coefficient (Wildman–Crippen LogP) is 10.1. The second-order valence-corrected chi connectivity index (χ2v) is 10.5. The number of nitrogens with zero attached hydrogens (tertiary/aromatic N) is 3. The minimum atomic E-state index is 0.569. The Balaban J connectivity index is 1.36. The number of fused-ring (bicyclic) bond motifs is 3. The normalized spacial score (nSPS) is 11.3. The van der Waals surface area contributed by atoms with Gasteiger partial charge in [-0.1, -0.05) is 133 Å². The zero-order chi connectivity index (χ0) is 28.6. The molecule has 6 aromatic carbocycles. The van der Waals surface area contributed by atoms with Crippen LogP contribution in [0.5, 0.6) is 0 Å². The summed E-state index contributed by atoms with van der Waals surface area (Å²) in [5.74, 6) is 1.80. The van der Waals surface area contributed by atoms with Crippen LogP contribution in [0.2, 0.25) is 0 Å². The maximum absolute atomic E-state index is 6.50. The highest BCUT2D eigenvalue weighted by molar-refractivity contribution is 6.11. The van der Waals surface area contributed by atoms with Gasteiger partial charge in [-0.2, -0.15) is 0 Å². The first-order valence-corrected chi connectivity index (χ1v) is 14.3. The molecule has 0 fully saturated rings. The summed E-state index contributed by atoms with van der Waals surface area (Å²) < 4.78 is 6.50. The zero-order valence-electron chi connectivity index (χ0n) is 23.2. The number of benzene rings is 6. The molecule has 0 saturated carbocycles. The Morgan fingerprint density at radius 1 is 0.349 bits per heavy atom. The quantitative estimate of drug-likeness (QED) is 0.214. The van der Waals surface area contributed by atoms with Gasteiger partial charge in [0.05, 0.1) is 5.56 Å². The van der Waals surface area contributed by atoms with Gasteiger partial charge in [0.2, 0.25) is 0 Å². The Morgan fingerprint density at radius 3 is 1.42 bits per heavy atom. The van der Waals surface area contributed by atoms with Crippen molar-refractivity contribution in [2.24, 2.45) is 0 Å². The van der Waals surface area contributed by atoms with Gasteiger partial charge in [-0.05, 0) is 40.5 Å². The molecule has 0 amide bonds. The minimum absolute atomic E-state index is 0.569. The fourth-order valence-corrected chi connectivity index (χ4v) is 5.57. The van der Waals surface area contributed by atoms with Gasteiger partial charge < -0.3 is 4.42 Å². The second-order valence-electron chi connectivity index (χ2n) is 10.5. The monoisotopic (exact) mass is 551 g/mol. The van der Waals surface area contributed by atoms with Crippen LogP contribution < -0.4 is 0 Å². The van der Waals surface area contributed by atoms with Crippen molar-refractivity contribution < 1.29 is 4.42 Å². The average molecular weight is 552 g/mol. The molecular formula is C39H25N3O. The van der Waals surface area contributed by atoms with E-state index in [-0.39, 0.29) is 0 Å². The third kappa shape index (κ3) is 4.65. The van der Waals surface area contributed by atoms with Crippen LogP contribution >= 0.6 is 0 Å². The van der Waals surface area contributed by atoms with Gasteiger partial charge in [0, 0.05) is 21.9 Å². The second kappa shape index (κ2) is 10.5. The van der Waals surface area contributed by atoms with E-state index in [0.717, 1.165) is 49.8 Å². The molecule has 8 aromatic rings. The van der Waals surface area contributed by atoms with Crippen LogP contribution in [0.1, 0.15) is 0 Å². The molecule has 0 unspecified atom stereocenters. The Hall–Kier alpha value is -5.87. The van der Waals surface area contributed by atoms with Gasteiger partial charge in [-0.15, -0.1) is 0 Å².